The average molecular weight is 462 g/mol. The molecule has 1 aliphatic rings. The summed E-state index contributed by atoms with van der Waals surface area (Å²) < 4.78 is 10.7. The number of benzene rings is 3. The number of methoxy groups -OCH3 is 2. The molecule has 8 nitrogen and oxygen atoms in total. The first-order chi connectivity index (χ1) is 16.3. The third kappa shape index (κ3) is 4.03. The van der Waals surface area contributed by atoms with E-state index in [4.69, 9.17) is 9.47 Å². The van der Waals surface area contributed by atoms with Gasteiger partial charge in [0, 0.05) is 5.56 Å². The highest BCUT2D eigenvalue weighted by atomic mass is 16.5. The molecule has 176 valence electrons. The Balaban J connectivity index is 1.53. The molecule has 2 N–H and O–H groups in total. The molecular formula is C26H27N3O5. The number of carbonyl (C=O) groups is 3. The maximum Gasteiger partial charge on any atom is 0.325 e. The topological polar surface area (TPSA) is 97.0 Å². The molecule has 0 saturated carbocycles. The van der Waals surface area contributed by atoms with Crippen LogP contribution in [0.1, 0.15) is 31.0 Å². The molecule has 2 atom stereocenters. The standard InChI is InChI=1S/C26H27N3O5/c1-16(20-14-18(33-3)12-13-22(20)34-4)27-23(30)15-29-24(31)26(2,28-25(29)32)21-11-7-9-17-8-5-6-10-19(17)21/h5-14,16H,15H2,1-4H3,(H,27,30)(H,28,32). The summed E-state index contributed by atoms with van der Waals surface area (Å²) >= 11 is 0. The summed E-state index contributed by atoms with van der Waals surface area (Å²) in [6.07, 6.45) is 0. The predicted molar refractivity (Wildman–Crippen MR) is 128 cm³/mol. The molecule has 1 saturated heterocycles. The SMILES string of the molecule is COc1ccc(OC)c(C(C)NC(=O)CN2C(=O)NC(C)(c3cccc4ccccc34)C2=O)c1. The lowest BCUT2D eigenvalue weighted by Crippen LogP contribution is -2.43. The maximum absolute atomic E-state index is 13.4. The van der Waals surface area contributed by atoms with E-state index < -0.39 is 36.0 Å². The fraction of sp³-hybridized carbons (Fsp3) is 0.269. The van der Waals surface area contributed by atoms with Gasteiger partial charge in [-0.05, 0) is 48.4 Å². The smallest absolute Gasteiger partial charge is 0.325 e. The van der Waals surface area contributed by atoms with Gasteiger partial charge in [-0.2, -0.15) is 0 Å². The lowest BCUT2D eigenvalue weighted by molar-refractivity contribution is -0.135. The van der Waals surface area contributed by atoms with Gasteiger partial charge in [-0.1, -0.05) is 42.5 Å². The third-order valence-corrected chi connectivity index (χ3v) is 6.19. The average Bonchev–Trinajstić information content (AvgIpc) is 3.06. The Labute approximate surface area is 197 Å². The zero-order chi connectivity index (χ0) is 24.5. The van der Waals surface area contributed by atoms with Crippen molar-refractivity contribution in [2.45, 2.75) is 25.4 Å². The van der Waals surface area contributed by atoms with E-state index in [-0.39, 0.29) is 0 Å². The Bertz CT molecular complexity index is 1270. The summed E-state index contributed by atoms with van der Waals surface area (Å²) in [5.74, 6) is 0.266. The van der Waals surface area contributed by atoms with Crippen LogP contribution in [0.3, 0.4) is 0 Å². The second kappa shape index (κ2) is 9.05. The van der Waals surface area contributed by atoms with Crippen LogP contribution in [0.5, 0.6) is 11.5 Å². The van der Waals surface area contributed by atoms with Crippen molar-refractivity contribution in [2.75, 3.05) is 20.8 Å². The second-order valence-electron chi connectivity index (χ2n) is 8.37. The molecule has 4 amide bonds. The predicted octanol–water partition coefficient (Wildman–Crippen LogP) is 3.50. The fourth-order valence-corrected chi connectivity index (χ4v) is 4.37. The van der Waals surface area contributed by atoms with Crippen LogP contribution in [-0.2, 0) is 15.1 Å². The van der Waals surface area contributed by atoms with Gasteiger partial charge < -0.3 is 20.1 Å². The Morgan fingerprint density at radius 3 is 2.53 bits per heavy atom. The van der Waals surface area contributed by atoms with Crippen LogP contribution in [0, 0.1) is 0 Å². The minimum atomic E-state index is -1.28. The van der Waals surface area contributed by atoms with Gasteiger partial charge in [0.25, 0.3) is 5.91 Å². The number of nitrogens with one attached hydrogen (secondary N) is 2. The van der Waals surface area contributed by atoms with E-state index in [1.165, 1.54) is 0 Å². The summed E-state index contributed by atoms with van der Waals surface area (Å²) in [6.45, 7) is 3.06. The molecule has 8 heteroatoms. The van der Waals surface area contributed by atoms with Crippen molar-refractivity contribution < 1.29 is 23.9 Å². The summed E-state index contributed by atoms with van der Waals surface area (Å²) in [5, 5.41) is 7.45. The molecule has 0 spiro atoms. The number of urea groups is 1. The molecule has 1 aliphatic heterocycles. The van der Waals surface area contributed by atoms with Crippen molar-refractivity contribution in [3.63, 3.8) is 0 Å². The molecule has 1 fully saturated rings. The van der Waals surface area contributed by atoms with Gasteiger partial charge in [0.1, 0.15) is 23.6 Å². The largest absolute Gasteiger partial charge is 0.497 e. The van der Waals surface area contributed by atoms with Gasteiger partial charge in [-0.15, -0.1) is 0 Å². The molecule has 3 aromatic rings. The molecule has 3 aromatic carbocycles. The number of imide groups is 1. The Morgan fingerprint density at radius 2 is 1.79 bits per heavy atom. The summed E-state index contributed by atoms with van der Waals surface area (Å²) in [6, 6.07) is 17.5. The maximum atomic E-state index is 13.4. The number of rotatable bonds is 7. The number of ether oxygens (including phenoxy) is 2. The van der Waals surface area contributed by atoms with Crippen LogP contribution in [0.4, 0.5) is 4.79 Å². The van der Waals surface area contributed by atoms with Crippen molar-refractivity contribution >= 4 is 28.6 Å². The molecule has 0 radical (unpaired) electrons. The van der Waals surface area contributed by atoms with Gasteiger partial charge >= 0.3 is 6.03 Å². The molecule has 1 heterocycles. The van der Waals surface area contributed by atoms with E-state index in [9.17, 15) is 14.4 Å². The zero-order valence-electron chi connectivity index (χ0n) is 19.5. The highest BCUT2D eigenvalue weighted by molar-refractivity contribution is 6.10. The molecule has 0 aromatic heterocycles. The van der Waals surface area contributed by atoms with Crippen LogP contribution in [0.25, 0.3) is 10.8 Å². The number of hydrogen-bond donors (Lipinski definition) is 2. The van der Waals surface area contributed by atoms with E-state index in [2.05, 4.69) is 10.6 Å². The lowest BCUT2D eigenvalue weighted by atomic mass is 9.88. The normalized spacial score (nSPS) is 18.5. The highest BCUT2D eigenvalue weighted by Gasteiger charge is 2.50. The van der Waals surface area contributed by atoms with Gasteiger partial charge in [0.15, 0.2) is 0 Å². The van der Waals surface area contributed by atoms with Gasteiger partial charge in [0.2, 0.25) is 5.91 Å². The first-order valence-electron chi connectivity index (χ1n) is 10.9. The van der Waals surface area contributed by atoms with Gasteiger partial charge in [0.05, 0.1) is 20.3 Å². The van der Waals surface area contributed by atoms with E-state index in [1.807, 2.05) is 42.5 Å². The first-order valence-corrected chi connectivity index (χ1v) is 10.9. The highest BCUT2D eigenvalue weighted by Crippen LogP contribution is 2.34. The number of nitrogens with zero attached hydrogens (tertiary/aromatic N) is 1. The van der Waals surface area contributed by atoms with E-state index in [0.29, 0.717) is 22.6 Å². The van der Waals surface area contributed by atoms with Crippen molar-refractivity contribution in [3.8, 4) is 11.5 Å². The van der Waals surface area contributed by atoms with E-state index >= 15 is 0 Å². The van der Waals surface area contributed by atoms with Crippen molar-refractivity contribution in [1.82, 2.24) is 15.5 Å². The van der Waals surface area contributed by atoms with Crippen LogP contribution in [0.2, 0.25) is 0 Å². The Hall–Kier alpha value is -4.07. The summed E-state index contributed by atoms with van der Waals surface area (Å²) in [5.41, 5.74) is 0.120. The number of amides is 4. The van der Waals surface area contributed by atoms with Crippen LogP contribution in [-0.4, -0.2) is 43.5 Å². The lowest BCUT2D eigenvalue weighted by Gasteiger charge is -2.24. The van der Waals surface area contributed by atoms with E-state index in [1.54, 1.807) is 46.3 Å². The number of carbonyl (C=O) groups excluding carboxylic acids is 3. The quantitative estimate of drug-likeness (QED) is 0.525. The third-order valence-electron chi connectivity index (χ3n) is 6.19. The molecule has 2 unspecified atom stereocenters. The van der Waals surface area contributed by atoms with Crippen molar-refractivity contribution in [2.24, 2.45) is 0 Å². The Kier molecular flexibility index (Phi) is 6.15. The van der Waals surface area contributed by atoms with Crippen molar-refractivity contribution in [3.05, 3.63) is 71.8 Å². The molecule has 0 aliphatic carbocycles. The van der Waals surface area contributed by atoms with Crippen LogP contribution in [0.15, 0.2) is 60.7 Å². The molecular weight excluding hydrogens is 434 g/mol. The molecule has 4 rings (SSSR count). The number of hydrogen-bond acceptors (Lipinski definition) is 5. The first kappa shape index (κ1) is 23.1. The van der Waals surface area contributed by atoms with Crippen LogP contribution < -0.4 is 20.1 Å². The van der Waals surface area contributed by atoms with Crippen LogP contribution >= 0.6 is 0 Å². The van der Waals surface area contributed by atoms with E-state index in [0.717, 1.165) is 15.7 Å². The monoisotopic (exact) mass is 461 g/mol. The second-order valence-corrected chi connectivity index (χ2v) is 8.37. The fourth-order valence-electron chi connectivity index (χ4n) is 4.37. The minimum Gasteiger partial charge on any atom is -0.497 e. The summed E-state index contributed by atoms with van der Waals surface area (Å²) in [4.78, 5) is 39.9. The number of fused-ring (bicyclic) bond motifs is 1. The molecule has 34 heavy (non-hydrogen) atoms. The minimum absolute atomic E-state index is 0.401. The summed E-state index contributed by atoms with van der Waals surface area (Å²) in [7, 11) is 3.10. The molecule has 0 bridgehead atoms. The zero-order valence-corrected chi connectivity index (χ0v) is 19.5. The van der Waals surface area contributed by atoms with Crippen molar-refractivity contribution in [1.29, 1.82) is 0 Å². The van der Waals surface area contributed by atoms with Gasteiger partial charge in [-0.25, -0.2) is 4.79 Å². The van der Waals surface area contributed by atoms with Gasteiger partial charge in [-0.3, -0.25) is 14.5 Å². The Morgan fingerprint density at radius 1 is 1.06 bits per heavy atom.